The lowest BCUT2D eigenvalue weighted by molar-refractivity contribution is 0.643. The highest BCUT2D eigenvalue weighted by Gasteiger charge is 2.03. The Kier molecular flexibility index (Phi) is 3.78. The first-order valence-corrected chi connectivity index (χ1v) is 6.69. The van der Waals surface area contributed by atoms with Gasteiger partial charge in [-0.15, -0.1) is 11.3 Å². The van der Waals surface area contributed by atoms with Gasteiger partial charge in [0.05, 0.1) is 6.54 Å². The highest BCUT2D eigenvalue weighted by atomic mass is 79.9. The Morgan fingerprint density at radius 1 is 1.50 bits per heavy atom. The molecule has 0 aliphatic rings. The lowest BCUT2D eigenvalue weighted by atomic mass is 10.4. The van der Waals surface area contributed by atoms with Gasteiger partial charge in [-0.25, -0.2) is 4.98 Å². The van der Waals surface area contributed by atoms with E-state index in [0.29, 0.717) is 0 Å². The zero-order chi connectivity index (χ0) is 11.5. The van der Waals surface area contributed by atoms with Gasteiger partial charge in [-0.2, -0.15) is 0 Å². The quantitative estimate of drug-likeness (QED) is 0.941. The molecular formula is C11H14BrN3S. The second-order valence-electron chi connectivity index (χ2n) is 3.67. The van der Waals surface area contributed by atoms with Crippen LogP contribution in [0, 0.1) is 6.92 Å². The molecule has 0 aliphatic carbocycles. The van der Waals surface area contributed by atoms with Gasteiger partial charge in [0.1, 0.15) is 5.82 Å². The van der Waals surface area contributed by atoms with Crippen molar-refractivity contribution in [3.05, 3.63) is 38.5 Å². The second kappa shape index (κ2) is 5.12. The molecule has 0 saturated carbocycles. The van der Waals surface area contributed by atoms with Crippen LogP contribution in [0.25, 0.3) is 0 Å². The highest BCUT2D eigenvalue weighted by Crippen LogP contribution is 2.26. The fraction of sp³-hybridized carbons (Fsp3) is 0.364. The minimum Gasteiger partial charge on any atom is -0.337 e. The number of hydrogen-bond acceptors (Lipinski definition) is 3. The van der Waals surface area contributed by atoms with Crippen molar-refractivity contribution in [3.8, 4) is 0 Å². The van der Waals surface area contributed by atoms with Gasteiger partial charge < -0.3 is 9.88 Å². The van der Waals surface area contributed by atoms with E-state index in [1.165, 1.54) is 14.2 Å². The van der Waals surface area contributed by atoms with Gasteiger partial charge in [0.2, 0.25) is 0 Å². The van der Waals surface area contributed by atoms with Gasteiger partial charge in [-0.05, 0) is 28.9 Å². The van der Waals surface area contributed by atoms with Crippen molar-refractivity contribution >= 4 is 27.3 Å². The van der Waals surface area contributed by atoms with Crippen molar-refractivity contribution < 1.29 is 0 Å². The van der Waals surface area contributed by atoms with E-state index in [4.69, 9.17) is 0 Å². The highest BCUT2D eigenvalue weighted by molar-refractivity contribution is 9.10. The smallest absolute Gasteiger partial charge is 0.122 e. The second-order valence-corrected chi connectivity index (χ2v) is 5.87. The zero-order valence-electron chi connectivity index (χ0n) is 9.33. The van der Waals surface area contributed by atoms with Crippen LogP contribution in [0.2, 0.25) is 0 Å². The molecule has 0 aromatic carbocycles. The normalized spacial score (nSPS) is 10.9. The molecule has 2 aromatic rings. The topological polar surface area (TPSA) is 29.9 Å². The molecule has 0 atom stereocenters. The van der Waals surface area contributed by atoms with Gasteiger partial charge in [0, 0.05) is 40.2 Å². The first kappa shape index (κ1) is 11.8. The molecule has 2 aromatic heterocycles. The summed E-state index contributed by atoms with van der Waals surface area (Å²) in [6.07, 6.45) is 3.78. The average Bonchev–Trinajstić information content (AvgIpc) is 2.76. The number of aryl methyl sites for hydroxylation is 2. The Bertz CT molecular complexity index is 456. The fourth-order valence-corrected chi connectivity index (χ4v) is 3.04. The van der Waals surface area contributed by atoms with Crippen LogP contribution in [0.4, 0.5) is 0 Å². The fourth-order valence-electron chi connectivity index (χ4n) is 1.47. The molecule has 5 heteroatoms. The number of nitrogens with zero attached hydrogens (tertiary/aromatic N) is 2. The SMILES string of the molecule is Cc1sc(CNCc2nccn2C)cc1Br. The third kappa shape index (κ3) is 2.72. The number of aromatic nitrogens is 2. The maximum atomic E-state index is 4.26. The van der Waals surface area contributed by atoms with E-state index < -0.39 is 0 Å². The van der Waals surface area contributed by atoms with Crippen LogP contribution in [0.5, 0.6) is 0 Å². The number of rotatable bonds is 4. The number of thiophene rings is 1. The summed E-state index contributed by atoms with van der Waals surface area (Å²) >= 11 is 5.34. The summed E-state index contributed by atoms with van der Waals surface area (Å²) in [5.41, 5.74) is 0. The molecule has 0 bridgehead atoms. The molecule has 2 rings (SSSR count). The summed E-state index contributed by atoms with van der Waals surface area (Å²) in [4.78, 5) is 6.94. The molecule has 0 saturated heterocycles. The van der Waals surface area contributed by atoms with E-state index in [-0.39, 0.29) is 0 Å². The Morgan fingerprint density at radius 3 is 2.88 bits per heavy atom. The van der Waals surface area contributed by atoms with Crippen molar-refractivity contribution in [2.45, 2.75) is 20.0 Å². The number of hydrogen-bond donors (Lipinski definition) is 1. The van der Waals surface area contributed by atoms with Gasteiger partial charge in [0.25, 0.3) is 0 Å². The van der Waals surface area contributed by atoms with Crippen molar-refractivity contribution in [3.63, 3.8) is 0 Å². The largest absolute Gasteiger partial charge is 0.337 e. The van der Waals surface area contributed by atoms with Gasteiger partial charge in [-0.1, -0.05) is 0 Å². The van der Waals surface area contributed by atoms with E-state index in [1.54, 1.807) is 0 Å². The molecule has 3 nitrogen and oxygen atoms in total. The Hall–Kier alpha value is -0.650. The maximum Gasteiger partial charge on any atom is 0.122 e. The molecule has 0 aliphatic heterocycles. The monoisotopic (exact) mass is 299 g/mol. The summed E-state index contributed by atoms with van der Waals surface area (Å²) in [6.45, 7) is 3.82. The minimum atomic E-state index is 0.804. The van der Waals surface area contributed by atoms with Crippen molar-refractivity contribution in [1.29, 1.82) is 0 Å². The summed E-state index contributed by atoms with van der Waals surface area (Å²) in [6, 6.07) is 2.17. The van der Waals surface area contributed by atoms with Crippen LogP contribution in [-0.4, -0.2) is 9.55 Å². The molecular weight excluding hydrogens is 286 g/mol. The molecule has 1 N–H and O–H groups in total. The molecule has 0 unspecified atom stereocenters. The van der Waals surface area contributed by atoms with Crippen LogP contribution >= 0.6 is 27.3 Å². The molecule has 16 heavy (non-hydrogen) atoms. The lowest BCUT2D eigenvalue weighted by Crippen LogP contribution is -2.14. The van der Waals surface area contributed by atoms with Crippen molar-refractivity contribution in [2.24, 2.45) is 7.05 Å². The van der Waals surface area contributed by atoms with E-state index in [2.05, 4.69) is 39.2 Å². The van der Waals surface area contributed by atoms with Gasteiger partial charge in [-0.3, -0.25) is 0 Å². The number of imidazole rings is 1. The predicted molar refractivity (Wildman–Crippen MR) is 70.5 cm³/mol. The summed E-state index contributed by atoms with van der Waals surface area (Å²) in [5, 5.41) is 3.39. The molecule has 2 heterocycles. The van der Waals surface area contributed by atoms with Crippen molar-refractivity contribution in [1.82, 2.24) is 14.9 Å². The van der Waals surface area contributed by atoms with E-state index in [1.807, 2.05) is 35.3 Å². The molecule has 0 radical (unpaired) electrons. The van der Waals surface area contributed by atoms with Gasteiger partial charge >= 0.3 is 0 Å². The van der Waals surface area contributed by atoms with Crippen LogP contribution in [0.3, 0.4) is 0 Å². The average molecular weight is 300 g/mol. The number of halogens is 1. The summed E-state index contributed by atoms with van der Waals surface area (Å²) < 4.78 is 3.23. The third-order valence-electron chi connectivity index (χ3n) is 2.41. The zero-order valence-corrected chi connectivity index (χ0v) is 11.7. The molecule has 86 valence electrons. The first-order valence-electron chi connectivity index (χ1n) is 5.08. The number of nitrogens with one attached hydrogen (secondary N) is 1. The van der Waals surface area contributed by atoms with Crippen LogP contribution < -0.4 is 5.32 Å². The third-order valence-corrected chi connectivity index (χ3v) is 4.55. The predicted octanol–water partition coefficient (Wildman–Crippen LogP) is 2.84. The summed E-state index contributed by atoms with van der Waals surface area (Å²) in [7, 11) is 2.01. The Balaban J connectivity index is 1.87. The Morgan fingerprint density at radius 2 is 2.31 bits per heavy atom. The van der Waals surface area contributed by atoms with Crippen LogP contribution in [0.1, 0.15) is 15.6 Å². The van der Waals surface area contributed by atoms with Crippen LogP contribution in [-0.2, 0) is 20.1 Å². The molecule has 0 amide bonds. The first-order chi connectivity index (χ1) is 7.66. The van der Waals surface area contributed by atoms with Gasteiger partial charge in [0.15, 0.2) is 0 Å². The Labute approximate surface area is 108 Å². The standard InChI is InChI=1S/C11H14BrN3S/c1-8-10(12)5-9(16-8)6-13-7-11-14-3-4-15(11)2/h3-5,13H,6-7H2,1-2H3. The van der Waals surface area contributed by atoms with Crippen molar-refractivity contribution in [2.75, 3.05) is 0 Å². The van der Waals surface area contributed by atoms with E-state index >= 15 is 0 Å². The van der Waals surface area contributed by atoms with E-state index in [9.17, 15) is 0 Å². The maximum absolute atomic E-state index is 4.26. The lowest BCUT2D eigenvalue weighted by Gasteiger charge is -2.02. The minimum absolute atomic E-state index is 0.804. The van der Waals surface area contributed by atoms with E-state index in [0.717, 1.165) is 18.9 Å². The van der Waals surface area contributed by atoms with Crippen LogP contribution in [0.15, 0.2) is 22.9 Å². The molecule has 0 fully saturated rings. The summed E-state index contributed by atoms with van der Waals surface area (Å²) in [5.74, 6) is 1.06. The molecule has 0 spiro atoms.